The zero-order chi connectivity index (χ0) is 12.9. The Labute approximate surface area is 102 Å². The molecule has 1 aliphatic rings. The fourth-order valence-electron chi connectivity index (χ4n) is 1.66. The third-order valence-electron chi connectivity index (χ3n) is 2.41. The second kappa shape index (κ2) is 5.87. The standard InChI is InChI=1S/C12H20N2O3/c1-12(2,3)17-11(15)14-9-4-5-10(6-7-13)16-8-9/h9-10H,4-6,8H2,1-3H3,(H,14,15). The van der Waals surface area contributed by atoms with Crippen molar-refractivity contribution in [3.8, 4) is 6.07 Å². The SMILES string of the molecule is CC(C)(C)OC(=O)NC1CCC(CC#N)OC1. The summed E-state index contributed by atoms with van der Waals surface area (Å²) in [5.74, 6) is 0. The van der Waals surface area contributed by atoms with Crippen molar-refractivity contribution in [1.29, 1.82) is 5.26 Å². The molecule has 0 bridgehead atoms. The lowest BCUT2D eigenvalue weighted by atomic mass is 10.0. The maximum absolute atomic E-state index is 11.5. The number of hydrogen-bond acceptors (Lipinski definition) is 4. The van der Waals surface area contributed by atoms with Crippen molar-refractivity contribution in [2.75, 3.05) is 6.61 Å². The Bertz CT molecular complexity index is 296. The summed E-state index contributed by atoms with van der Waals surface area (Å²) in [6, 6.07) is 2.07. The van der Waals surface area contributed by atoms with Crippen LogP contribution in [0, 0.1) is 11.3 Å². The zero-order valence-corrected chi connectivity index (χ0v) is 10.7. The second-order valence-electron chi connectivity index (χ2n) is 5.24. The highest BCUT2D eigenvalue weighted by Crippen LogP contribution is 2.16. The Kier molecular flexibility index (Phi) is 4.76. The van der Waals surface area contributed by atoms with Gasteiger partial charge in [0.05, 0.1) is 31.2 Å². The molecule has 0 saturated carbocycles. The topological polar surface area (TPSA) is 71.3 Å². The van der Waals surface area contributed by atoms with Crippen molar-refractivity contribution < 1.29 is 14.3 Å². The van der Waals surface area contributed by atoms with Crippen molar-refractivity contribution in [2.45, 2.75) is 57.8 Å². The van der Waals surface area contributed by atoms with Crippen molar-refractivity contribution >= 4 is 6.09 Å². The minimum Gasteiger partial charge on any atom is -0.444 e. The van der Waals surface area contributed by atoms with Crippen LogP contribution in [-0.2, 0) is 9.47 Å². The van der Waals surface area contributed by atoms with Gasteiger partial charge in [-0.3, -0.25) is 0 Å². The van der Waals surface area contributed by atoms with Gasteiger partial charge in [-0.25, -0.2) is 4.79 Å². The van der Waals surface area contributed by atoms with Gasteiger partial charge in [0.1, 0.15) is 5.60 Å². The van der Waals surface area contributed by atoms with Crippen molar-refractivity contribution in [2.24, 2.45) is 0 Å². The van der Waals surface area contributed by atoms with Gasteiger partial charge in [0.25, 0.3) is 0 Å². The quantitative estimate of drug-likeness (QED) is 0.801. The number of rotatable bonds is 2. The number of nitrogens with zero attached hydrogens (tertiary/aromatic N) is 1. The van der Waals surface area contributed by atoms with Crippen LogP contribution in [0.4, 0.5) is 4.79 Å². The Balaban J connectivity index is 2.27. The maximum Gasteiger partial charge on any atom is 0.407 e. The van der Waals surface area contributed by atoms with Crippen LogP contribution in [0.5, 0.6) is 0 Å². The van der Waals surface area contributed by atoms with Crippen LogP contribution >= 0.6 is 0 Å². The van der Waals surface area contributed by atoms with Crippen LogP contribution in [0.3, 0.4) is 0 Å². The molecule has 0 radical (unpaired) electrons. The van der Waals surface area contributed by atoms with Gasteiger partial charge in [-0.2, -0.15) is 5.26 Å². The van der Waals surface area contributed by atoms with E-state index in [1.165, 1.54) is 0 Å². The molecule has 1 saturated heterocycles. The van der Waals surface area contributed by atoms with Crippen molar-refractivity contribution in [1.82, 2.24) is 5.32 Å². The molecule has 1 aliphatic heterocycles. The molecule has 1 N–H and O–H groups in total. The third-order valence-corrected chi connectivity index (χ3v) is 2.41. The summed E-state index contributed by atoms with van der Waals surface area (Å²) in [5.41, 5.74) is -0.483. The van der Waals surface area contributed by atoms with Crippen LogP contribution < -0.4 is 5.32 Å². The summed E-state index contributed by atoms with van der Waals surface area (Å²) in [6.45, 7) is 5.93. The van der Waals surface area contributed by atoms with Gasteiger partial charge in [0.15, 0.2) is 0 Å². The van der Waals surface area contributed by atoms with E-state index >= 15 is 0 Å². The van der Waals surface area contributed by atoms with Crippen molar-refractivity contribution in [3.05, 3.63) is 0 Å². The molecule has 0 spiro atoms. The van der Waals surface area contributed by atoms with E-state index in [1.54, 1.807) is 0 Å². The van der Waals surface area contributed by atoms with E-state index in [0.29, 0.717) is 13.0 Å². The molecule has 17 heavy (non-hydrogen) atoms. The Morgan fingerprint density at radius 3 is 2.71 bits per heavy atom. The lowest BCUT2D eigenvalue weighted by Crippen LogP contribution is -2.44. The fraction of sp³-hybridized carbons (Fsp3) is 0.833. The van der Waals surface area contributed by atoms with Crippen LogP contribution in [0.2, 0.25) is 0 Å². The monoisotopic (exact) mass is 240 g/mol. The minimum absolute atomic E-state index is 0.0108. The predicted molar refractivity (Wildman–Crippen MR) is 62.4 cm³/mol. The molecule has 2 atom stereocenters. The molecule has 5 heteroatoms. The lowest BCUT2D eigenvalue weighted by molar-refractivity contribution is -0.00538. The van der Waals surface area contributed by atoms with Crippen LogP contribution in [-0.4, -0.2) is 30.4 Å². The number of carbonyl (C=O) groups is 1. The molecule has 1 fully saturated rings. The molecule has 1 amide bonds. The normalized spacial score (nSPS) is 24.8. The number of hydrogen-bond donors (Lipinski definition) is 1. The largest absolute Gasteiger partial charge is 0.444 e. The average molecular weight is 240 g/mol. The molecular formula is C12H20N2O3. The molecule has 2 unspecified atom stereocenters. The number of alkyl carbamates (subject to hydrolysis) is 1. The van der Waals surface area contributed by atoms with Crippen LogP contribution in [0.25, 0.3) is 0 Å². The van der Waals surface area contributed by atoms with E-state index in [2.05, 4.69) is 11.4 Å². The van der Waals surface area contributed by atoms with Crippen LogP contribution in [0.15, 0.2) is 0 Å². The molecule has 0 aliphatic carbocycles. The first-order valence-corrected chi connectivity index (χ1v) is 5.89. The van der Waals surface area contributed by atoms with Crippen LogP contribution in [0.1, 0.15) is 40.0 Å². The fourth-order valence-corrected chi connectivity index (χ4v) is 1.66. The molecule has 0 aromatic carbocycles. The van der Waals surface area contributed by atoms with E-state index < -0.39 is 11.7 Å². The molecule has 5 nitrogen and oxygen atoms in total. The molecule has 0 aromatic rings. The molecular weight excluding hydrogens is 220 g/mol. The third kappa shape index (κ3) is 5.55. The highest BCUT2D eigenvalue weighted by Gasteiger charge is 2.24. The van der Waals surface area contributed by atoms with Crippen molar-refractivity contribution in [3.63, 3.8) is 0 Å². The van der Waals surface area contributed by atoms with Gasteiger partial charge >= 0.3 is 6.09 Å². The smallest absolute Gasteiger partial charge is 0.407 e. The second-order valence-corrected chi connectivity index (χ2v) is 5.24. The van der Waals surface area contributed by atoms with Gasteiger partial charge in [0.2, 0.25) is 0 Å². The number of amides is 1. The van der Waals surface area contributed by atoms with Gasteiger partial charge in [-0.1, -0.05) is 0 Å². The first kappa shape index (κ1) is 13.8. The van der Waals surface area contributed by atoms with E-state index in [4.69, 9.17) is 14.7 Å². The van der Waals surface area contributed by atoms with E-state index in [0.717, 1.165) is 12.8 Å². The summed E-state index contributed by atoms with van der Waals surface area (Å²) in [4.78, 5) is 11.5. The number of ether oxygens (including phenoxy) is 2. The highest BCUT2D eigenvalue weighted by atomic mass is 16.6. The molecule has 1 heterocycles. The number of nitrogens with one attached hydrogen (secondary N) is 1. The summed E-state index contributed by atoms with van der Waals surface area (Å²) >= 11 is 0. The van der Waals surface area contributed by atoms with Gasteiger partial charge in [-0.05, 0) is 33.6 Å². The van der Waals surface area contributed by atoms with Gasteiger partial charge < -0.3 is 14.8 Å². The minimum atomic E-state index is -0.483. The summed E-state index contributed by atoms with van der Waals surface area (Å²) in [5, 5.41) is 11.3. The molecule has 0 aromatic heterocycles. The predicted octanol–water partition coefficient (Wildman–Crippen LogP) is 1.97. The van der Waals surface area contributed by atoms with Gasteiger partial charge in [-0.15, -0.1) is 0 Å². The number of nitriles is 1. The first-order valence-electron chi connectivity index (χ1n) is 5.89. The highest BCUT2D eigenvalue weighted by molar-refractivity contribution is 5.68. The van der Waals surface area contributed by atoms with E-state index in [1.807, 2.05) is 20.8 Å². The Hall–Kier alpha value is -1.28. The molecule has 96 valence electrons. The Morgan fingerprint density at radius 1 is 1.53 bits per heavy atom. The zero-order valence-electron chi connectivity index (χ0n) is 10.7. The first-order chi connectivity index (χ1) is 7.90. The maximum atomic E-state index is 11.5. The van der Waals surface area contributed by atoms with E-state index in [-0.39, 0.29) is 12.1 Å². The van der Waals surface area contributed by atoms with E-state index in [9.17, 15) is 4.79 Å². The number of carbonyl (C=O) groups excluding carboxylic acids is 1. The van der Waals surface area contributed by atoms with Gasteiger partial charge in [0, 0.05) is 0 Å². The summed E-state index contributed by atoms with van der Waals surface area (Å²) < 4.78 is 10.6. The summed E-state index contributed by atoms with van der Waals surface area (Å²) in [7, 11) is 0. The summed E-state index contributed by atoms with van der Waals surface area (Å²) in [6.07, 6.45) is 1.64. The Morgan fingerprint density at radius 2 is 2.24 bits per heavy atom. The molecule has 1 rings (SSSR count). The average Bonchev–Trinajstić information content (AvgIpc) is 2.18. The lowest BCUT2D eigenvalue weighted by Gasteiger charge is -2.29.